The zero-order valence-corrected chi connectivity index (χ0v) is 12.9. The third-order valence-electron chi connectivity index (χ3n) is 3.14. The quantitative estimate of drug-likeness (QED) is 0.628. The van der Waals surface area contributed by atoms with Crippen LogP contribution < -0.4 is 16.0 Å². The molecule has 3 N–H and O–H groups in total. The number of rotatable bonds is 6. The molecule has 0 fully saturated rings. The van der Waals surface area contributed by atoms with E-state index >= 15 is 0 Å². The third-order valence-corrected chi connectivity index (χ3v) is 3.57. The molecule has 0 amide bonds. The molecule has 1 atom stereocenters. The number of pyridine rings is 1. The lowest BCUT2D eigenvalue weighted by atomic mass is 10.00. The smallest absolute Gasteiger partial charge is 0.122 e. The highest BCUT2D eigenvalue weighted by Crippen LogP contribution is 2.20. The van der Waals surface area contributed by atoms with Crippen LogP contribution in [0.15, 0.2) is 47.2 Å². The van der Waals surface area contributed by atoms with E-state index in [9.17, 15) is 0 Å². The van der Waals surface area contributed by atoms with Crippen molar-refractivity contribution in [2.24, 2.45) is 5.84 Å². The number of hydrogen-bond acceptors (Lipinski definition) is 4. The minimum atomic E-state index is 0.127. The predicted molar refractivity (Wildman–Crippen MR) is 83.5 cm³/mol. The lowest BCUT2D eigenvalue weighted by molar-refractivity contribution is 0.404. The number of para-hydroxylation sites is 1. The van der Waals surface area contributed by atoms with Gasteiger partial charge in [0.2, 0.25) is 0 Å². The third kappa shape index (κ3) is 4.03. The van der Waals surface area contributed by atoms with Crippen LogP contribution >= 0.6 is 15.9 Å². The molecular weight excluding hydrogens is 318 g/mol. The van der Waals surface area contributed by atoms with E-state index in [1.54, 1.807) is 13.3 Å². The number of nitrogens with two attached hydrogens (primary N) is 1. The standard InChI is InChI=1S/C15H18BrN3O/c1-20-15-5-3-2-4-12(15)8-14(19-17)7-11-6-13(16)10-18-9-11/h2-6,9-10,14,19H,7-8,17H2,1H3. The highest BCUT2D eigenvalue weighted by atomic mass is 79.9. The van der Waals surface area contributed by atoms with Crippen LogP contribution in [0.3, 0.4) is 0 Å². The van der Waals surface area contributed by atoms with Gasteiger partial charge in [-0.25, -0.2) is 0 Å². The molecule has 0 radical (unpaired) electrons. The Morgan fingerprint density at radius 3 is 2.80 bits per heavy atom. The van der Waals surface area contributed by atoms with Gasteiger partial charge in [0.1, 0.15) is 5.75 Å². The second-order valence-electron chi connectivity index (χ2n) is 4.60. The minimum Gasteiger partial charge on any atom is -0.496 e. The van der Waals surface area contributed by atoms with E-state index in [1.165, 1.54) is 0 Å². The second kappa shape index (κ2) is 7.38. The van der Waals surface area contributed by atoms with Crippen LogP contribution in [-0.4, -0.2) is 18.1 Å². The zero-order valence-electron chi connectivity index (χ0n) is 11.3. The molecule has 0 aliphatic carbocycles. The Bertz CT molecular complexity index is 562. The summed E-state index contributed by atoms with van der Waals surface area (Å²) in [7, 11) is 1.68. The number of methoxy groups -OCH3 is 1. The molecule has 1 aromatic carbocycles. The number of halogens is 1. The van der Waals surface area contributed by atoms with Gasteiger partial charge in [-0.3, -0.25) is 16.3 Å². The molecule has 0 saturated carbocycles. The fourth-order valence-electron chi connectivity index (χ4n) is 2.18. The fraction of sp³-hybridized carbons (Fsp3) is 0.267. The molecule has 2 aromatic rings. The summed E-state index contributed by atoms with van der Waals surface area (Å²) in [6.07, 6.45) is 5.24. The Morgan fingerprint density at radius 2 is 2.10 bits per heavy atom. The second-order valence-corrected chi connectivity index (χ2v) is 5.51. The van der Waals surface area contributed by atoms with Crippen molar-refractivity contribution in [3.8, 4) is 5.75 Å². The maximum atomic E-state index is 5.68. The van der Waals surface area contributed by atoms with E-state index in [1.807, 2.05) is 24.4 Å². The lowest BCUT2D eigenvalue weighted by Crippen LogP contribution is -2.38. The van der Waals surface area contributed by atoms with Gasteiger partial charge >= 0.3 is 0 Å². The van der Waals surface area contributed by atoms with Gasteiger partial charge < -0.3 is 4.74 Å². The maximum Gasteiger partial charge on any atom is 0.122 e. The summed E-state index contributed by atoms with van der Waals surface area (Å²) in [6.45, 7) is 0. The molecular formula is C15H18BrN3O. The van der Waals surface area contributed by atoms with Crippen LogP contribution in [0.25, 0.3) is 0 Å². The molecule has 0 bridgehead atoms. The highest BCUT2D eigenvalue weighted by molar-refractivity contribution is 9.10. The molecule has 0 spiro atoms. The molecule has 5 heteroatoms. The molecule has 0 aliphatic rings. The Balaban J connectivity index is 2.09. The van der Waals surface area contributed by atoms with Crippen LogP contribution in [0, 0.1) is 0 Å². The molecule has 106 valence electrons. The van der Waals surface area contributed by atoms with Gasteiger partial charge in [0.05, 0.1) is 7.11 Å². The first-order valence-electron chi connectivity index (χ1n) is 6.40. The molecule has 1 aromatic heterocycles. The van der Waals surface area contributed by atoms with Crippen LogP contribution in [0.1, 0.15) is 11.1 Å². The Hall–Kier alpha value is -1.43. The van der Waals surface area contributed by atoms with E-state index in [0.717, 1.165) is 34.2 Å². The van der Waals surface area contributed by atoms with Gasteiger partial charge in [-0.1, -0.05) is 18.2 Å². The lowest BCUT2D eigenvalue weighted by Gasteiger charge is -2.17. The molecule has 0 aliphatic heterocycles. The summed E-state index contributed by atoms with van der Waals surface area (Å²) in [4.78, 5) is 4.17. The van der Waals surface area contributed by atoms with Gasteiger partial charge in [-0.15, -0.1) is 0 Å². The van der Waals surface area contributed by atoms with E-state index in [2.05, 4.69) is 38.5 Å². The first-order valence-corrected chi connectivity index (χ1v) is 7.19. The summed E-state index contributed by atoms with van der Waals surface area (Å²) in [5.41, 5.74) is 5.15. The average Bonchev–Trinajstić information content (AvgIpc) is 2.47. The van der Waals surface area contributed by atoms with Crippen LogP contribution in [0.5, 0.6) is 5.75 Å². The number of benzene rings is 1. The topological polar surface area (TPSA) is 60.2 Å². The van der Waals surface area contributed by atoms with Gasteiger partial charge in [0, 0.05) is 22.9 Å². The fourth-order valence-corrected chi connectivity index (χ4v) is 2.59. The van der Waals surface area contributed by atoms with Gasteiger partial charge in [0.15, 0.2) is 0 Å². The summed E-state index contributed by atoms with van der Waals surface area (Å²) < 4.78 is 6.35. The van der Waals surface area contributed by atoms with Crippen molar-refractivity contribution >= 4 is 15.9 Å². The zero-order chi connectivity index (χ0) is 14.4. The minimum absolute atomic E-state index is 0.127. The number of hydrogen-bond donors (Lipinski definition) is 2. The van der Waals surface area contributed by atoms with Crippen LogP contribution in [-0.2, 0) is 12.8 Å². The largest absolute Gasteiger partial charge is 0.496 e. The van der Waals surface area contributed by atoms with Crippen LogP contribution in [0.4, 0.5) is 0 Å². The van der Waals surface area contributed by atoms with Crippen molar-refractivity contribution in [3.63, 3.8) is 0 Å². The van der Waals surface area contributed by atoms with Crippen molar-refractivity contribution in [1.29, 1.82) is 0 Å². The monoisotopic (exact) mass is 335 g/mol. The van der Waals surface area contributed by atoms with Crippen molar-refractivity contribution in [2.75, 3.05) is 7.11 Å². The van der Waals surface area contributed by atoms with Gasteiger partial charge in [-0.2, -0.15) is 0 Å². The Morgan fingerprint density at radius 1 is 1.30 bits per heavy atom. The maximum absolute atomic E-state index is 5.68. The van der Waals surface area contributed by atoms with Crippen LogP contribution in [0.2, 0.25) is 0 Å². The van der Waals surface area contributed by atoms with Crippen molar-refractivity contribution in [2.45, 2.75) is 18.9 Å². The number of hydrazine groups is 1. The van der Waals surface area contributed by atoms with Gasteiger partial charge in [0.25, 0.3) is 0 Å². The average molecular weight is 336 g/mol. The summed E-state index contributed by atoms with van der Waals surface area (Å²) >= 11 is 3.43. The Kier molecular flexibility index (Phi) is 5.52. The number of nitrogens with zero attached hydrogens (tertiary/aromatic N) is 1. The van der Waals surface area contributed by atoms with Crippen molar-refractivity contribution in [1.82, 2.24) is 10.4 Å². The summed E-state index contributed by atoms with van der Waals surface area (Å²) in [6, 6.07) is 10.2. The van der Waals surface area contributed by atoms with Gasteiger partial charge in [-0.05, 0) is 52.0 Å². The SMILES string of the molecule is COc1ccccc1CC(Cc1cncc(Br)c1)NN. The van der Waals surface area contributed by atoms with E-state index in [-0.39, 0.29) is 6.04 Å². The van der Waals surface area contributed by atoms with Crippen molar-refractivity contribution in [3.05, 3.63) is 58.3 Å². The van der Waals surface area contributed by atoms with E-state index in [0.29, 0.717) is 0 Å². The highest BCUT2D eigenvalue weighted by Gasteiger charge is 2.12. The molecule has 20 heavy (non-hydrogen) atoms. The number of aromatic nitrogens is 1. The predicted octanol–water partition coefficient (Wildman–Crippen LogP) is 2.47. The first-order chi connectivity index (χ1) is 9.72. The molecule has 0 saturated heterocycles. The Labute approximate surface area is 127 Å². The normalized spacial score (nSPS) is 12.2. The van der Waals surface area contributed by atoms with Crippen molar-refractivity contribution < 1.29 is 4.74 Å². The number of ether oxygens (including phenoxy) is 1. The number of nitrogens with one attached hydrogen (secondary N) is 1. The van der Waals surface area contributed by atoms with E-state index in [4.69, 9.17) is 10.6 Å². The molecule has 4 nitrogen and oxygen atoms in total. The molecule has 1 heterocycles. The summed E-state index contributed by atoms with van der Waals surface area (Å²) in [5, 5.41) is 0. The van der Waals surface area contributed by atoms with E-state index < -0.39 is 0 Å². The molecule has 2 rings (SSSR count). The first kappa shape index (κ1) is 15.0. The summed E-state index contributed by atoms with van der Waals surface area (Å²) in [5.74, 6) is 6.56. The molecule has 1 unspecified atom stereocenters.